The Morgan fingerprint density at radius 3 is 2.39 bits per heavy atom. The van der Waals surface area contributed by atoms with Crippen molar-refractivity contribution in [1.82, 2.24) is 14.5 Å². The Labute approximate surface area is 180 Å². The molecule has 0 spiro atoms. The number of rotatable bonds is 6. The molecular formula is C21H21FN4O4S. The summed E-state index contributed by atoms with van der Waals surface area (Å²) in [6.07, 6.45) is 3.95. The molecule has 8 nitrogen and oxygen atoms in total. The Kier molecular flexibility index (Phi) is 5.99. The number of nitrogens with zero attached hydrogens (tertiary/aromatic N) is 2. The first-order valence-electron chi connectivity index (χ1n) is 9.98. The molecule has 1 aliphatic rings. The topological polar surface area (TPSA) is 102 Å². The highest BCUT2D eigenvalue weighted by molar-refractivity contribution is 7.17. The fraction of sp³-hybridized carbons (Fsp3) is 0.333. The Morgan fingerprint density at radius 2 is 1.68 bits per heavy atom. The number of hydrogen-bond donors (Lipinski definition) is 2. The van der Waals surface area contributed by atoms with E-state index < -0.39 is 29.5 Å². The zero-order valence-electron chi connectivity index (χ0n) is 16.6. The van der Waals surface area contributed by atoms with Gasteiger partial charge >= 0.3 is 5.69 Å². The molecule has 2 N–H and O–H groups in total. The second kappa shape index (κ2) is 8.84. The molecule has 0 aliphatic heterocycles. The van der Waals surface area contributed by atoms with E-state index in [-0.39, 0.29) is 18.5 Å². The van der Waals surface area contributed by atoms with Gasteiger partial charge in [-0.3, -0.25) is 19.0 Å². The Morgan fingerprint density at radius 1 is 1.00 bits per heavy atom. The summed E-state index contributed by atoms with van der Waals surface area (Å²) < 4.78 is 15.4. The van der Waals surface area contributed by atoms with Crippen LogP contribution in [-0.4, -0.2) is 27.0 Å². The normalized spacial score (nSPS) is 14.1. The molecule has 3 aromatic rings. The molecule has 0 bridgehead atoms. The number of halogens is 1. The van der Waals surface area contributed by atoms with Gasteiger partial charge in [0.2, 0.25) is 11.8 Å². The maximum atomic E-state index is 13.0. The molecule has 1 saturated carbocycles. The van der Waals surface area contributed by atoms with Gasteiger partial charge in [0.1, 0.15) is 23.6 Å². The van der Waals surface area contributed by atoms with Crippen LogP contribution in [0, 0.1) is 5.82 Å². The number of nitrogens with one attached hydrogen (secondary N) is 2. The van der Waals surface area contributed by atoms with Crippen molar-refractivity contribution in [3.8, 4) is 0 Å². The SMILES string of the molecule is O=C(Cn1c(=O)c2sccc2n(CC(=O)NC2CCCC2)c1=O)Nc1ccc(F)cc1. The van der Waals surface area contributed by atoms with Gasteiger partial charge in [0, 0.05) is 11.7 Å². The third-order valence-corrected chi connectivity index (χ3v) is 6.18. The largest absolute Gasteiger partial charge is 0.352 e. The first-order valence-corrected chi connectivity index (χ1v) is 10.9. The summed E-state index contributed by atoms with van der Waals surface area (Å²) >= 11 is 1.15. The third kappa shape index (κ3) is 4.58. The Hall–Kier alpha value is -3.27. The van der Waals surface area contributed by atoms with Crippen LogP contribution in [0.1, 0.15) is 25.7 Å². The van der Waals surface area contributed by atoms with Gasteiger partial charge in [-0.1, -0.05) is 12.8 Å². The highest BCUT2D eigenvalue weighted by atomic mass is 32.1. The van der Waals surface area contributed by atoms with Gasteiger partial charge in [-0.2, -0.15) is 0 Å². The van der Waals surface area contributed by atoms with Crippen LogP contribution in [0.3, 0.4) is 0 Å². The van der Waals surface area contributed by atoms with E-state index >= 15 is 0 Å². The number of thiophene rings is 1. The summed E-state index contributed by atoms with van der Waals surface area (Å²) in [5.74, 6) is -1.36. The van der Waals surface area contributed by atoms with Crippen LogP contribution >= 0.6 is 11.3 Å². The minimum absolute atomic E-state index is 0.105. The second-order valence-corrected chi connectivity index (χ2v) is 8.42. The van der Waals surface area contributed by atoms with Gasteiger partial charge in [-0.05, 0) is 48.6 Å². The van der Waals surface area contributed by atoms with Gasteiger partial charge in [0.05, 0.1) is 5.52 Å². The highest BCUT2D eigenvalue weighted by Gasteiger charge is 2.21. The van der Waals surface area contributed by atoms with Gasteiger partial charge in [0.15, 0.2) is 0 Å². The van der Waals surface area contributed by atoms with Crippen molar-refractivity contribution >= 4 is 39.1 Å². The number of hydrogen-bond acceptors (Lipinski definition) is 5. The zero-order valence-corrected chi connectivity index (χ0v) is 17.4. The number of carbonyl (C=O) groups excluding carboxylic acids is 2. The Balaban J connectivity index is 1.60. The van der Waals surface area contributed by atoms with Gasteiger partial charge in [-0.15, -0.1) is 11.3 Å². The molecule has 0 saturated heterocycles. The van der Waals surface area contributed by atoms with Crippen molar-refractivity contribution in [1.29, 1.82) is 0 Å². The number of anilines is 1. The average molecular weight is 444 g/mol. The molecule has 2 aromatic heterocycles. The van der Waals surface area contributed by atoms with Crippen molar-refractivity contribution in [2.24, 2.45) is 0 Å². The van der Waals surface area contributed by atoms with Crippen LogP contribution in [-0.2, 0) is 22.7 Å². The van der Waals surface area contributed by atoms with Crippen LogP contribution in [0.25, 0.3) is 10.2 Å². The molecule has 2 heterocycles. The fourth-order valence-corrected chi connectivity index (χ4v) is 4.63. The van der Waals surface area contributed by atoms with Crippen LogP contribution in [0.5, 0.6) is 0 Å². The molecule has 0 atom stereocenters. The molecule has 162 valence electrons. The lowest BCUT2D eigenvalue weighted by Gasteiger charge is -2.15. The van der Waals surface area contributed by atoms with Gasteiger partial charge in [-0.25, -0.2) is 13.8 Å². The van der Waals surface area contributed by atoms with E-state index in [9.17, 15) is 23.6 Å². The second-order valence-electron chi connectivity index (χ2n) is 7.50. The summed E-state index contributed by atoms with van der Waals surface area (Å²) in [7, 11) is 0. The fourth-order valence-electron chi connectivity index (χ4n) is 3.79. The maximum Gasteiger partial charge on any atom is 0.332 e. The number of carbonyl (C=O) groups is 2. The summed E-state index contributed by atoms with van der Waals surface area (Å²) in [5.41, 5.74) is -0.604. The first-order chi connectivity index (χ1) is 14.9. The van der Waals surface area contributed by atoms with Gasteiger partial charge < -0.3 is 10.6 Å². The lowest BCUT2D eigenvalue weighted by atomic mass is 10.2. The highest BCUT2D eigenvalue weighted by Crippen LogP contribution is 2.18. The average Bonchev–Trinajstić information content (AvgIpc) is 3.42. The summed E-state index contributed by atoms with van der Waals surface area (Å²) in [5, 5.41) is 7.13. The minimum Gasteiger partial charge on any atom is -0.352 e. The molecule has 1 fully saturated rings. The molecule has 1 aliphatic carbocycles. The molecule has 4 rings (SSSR count). The number of benzene rings is 1. The lowest BCUT2D eigenvalue weighted by Crippen LogP contribution is -2.45. The van der Waals surface area contributed by atoms with Crippen LogP contribution in [0.4, 0.5) is 10.1 Å². The molecule has 10 heteroatoms. The Bertz CT molecular complexity index is 1240. The predicted octanol–water partition coefficient (Wildman–Crippen LogP) is 2.06. The molecule has 2 amide bonds. The van der Waals surface area contributed by atoms with Crippen LogP contribution in [0.15, 0.2) is 45.3 Å². The van der Waals surface area contributed by atoms with Gasteiger partial charge in [0.25, 0.3) is 5.56 Å². The molecule has 31 heavy (non-hydrogen) atoms. The van der Waals surface area contributed by atoms with E-state index in [0.29, 0.717) is 15.9 Å². The van der Waals surface area contributed by atoms with E-state index in [1.807, 2.05) is 0 Å². The lowest BCUT2D eigenvalue weighted by molar-refractivity contribution is -0.122. The van der Waals surface area contributed by atoms with E-state index in [2.05, 4.69) is 10.6 Å². The standard InChI is InChI=1S/C21H21FN4O4S/c22-13-5-7-15(8-6-13)24-18(28)12-26-20(29)19-16(9-10-31-19)25(21(26)30)11-17(27)23-14-3-1-2-4-14/h5-10,14H,1-4,11-12H2,(H,23,27)(H,24,28). The van der Waals surface area contributed by atoms with E-state index in [0.717, 1.165) is 41.6 Å². The van der Waals surface area contributed by atoms with E-state index in [1.165, 1.54) is 28.8 Å². The van der Waals surface area contributed by atoms with E-state index in [1.54, 1.807) is 11.4 Å². The smallest absolute Gasteiger partial charge is 0.332 e. The molecule has 0 radical (unpaired) electrons. The molecule has 1 aromatic carbocycles. The summed E-state index contributed by atoms with van der Waals surface area (Å²) in [6.45, 7) is -0.754. The first kappa shape index (κ1) is 21.0. The number of amides is 2. The third-order valence-electron chi connectivity index (χ3n) is 5.29. The van der Waals surface area contributed by atoms with Crippen molar-refractivity contribution in [3.63, 3.8) is 0 Å². The van der Waals surface area contributed by atoms with Crippen molar-refractivity contribution in [3.05, 3.63) is 62.4 Å². The number of aromatic nitrogens is 2. The zero-order chi connectivity index (χ0) is 22.0. The van der Waals surface area contributed by atoms with Crippen LogP contribution < -0.4 is 21.9 Å². The van der Waals surface area contributed by atoms with E-state index in [4.69, 9.17) is 0 Å². The molecular weight excluding hydrogens is 423 g/mol. The summed E-state index contributed by atoms with van der Waals surface area (Å²) in [6, 6.07) is 6.86. The van der Waals surface area contributed by atoms with Crippen molar-refractivity contribution in [2.45, 2.75) is 44.8 Å². The summed E-state index contributed by atoms with van der Waals surface area (Å²) in [4.78, 5) is 50.7. The minimum atomic E-state index is -0.730. The number of fused-ring (bicyclic) bond motifs is 1. The van der Waals surface area contributed by atoms with Crippen molar-refractivity contribution in [2.75, 3.05) is 5.32 Å². The quantitative estimate of drug-likeness (QED) is 0.608. The molecule has 0 unspecified atom stereocenters. The monoisotopic (exact) mass is 444 g/mol. The van der Waals surface area contributed by atoms with Crippen molar-refractivity contribution < 1.29 is 14.0 Å². The predicted molar refractivity (Wildman–Crippen MR) is 116 cm³/mol. The van der Waals surface area contributed by atoms with Crippen LogP contribution in [0.2, 0.25) is 0 Å². The maximum absolute atomic E-state index is 13.0.